The molecule has 2 aliphatic rings. The Morgan fingerprint density at radius 1 is 1.32 bits per heavy atom. The number of fused-ring (bicyclic) bond motifs is 1. The number of benzene rings is 1. The zero-order valence-corrected chi connectivity index (χ0v) is 12.1. The molecule has 0 spiro atoms. The zero-order chi connectivity index (χ0) is 13.4. The highest BCUT2D eigenvalue weighted by Gasteiger charge is 2.31. The fourth-order valence-corrected chi connectivity index (χ4v) is 3.71. The van der Waals surface area contributed by atoms with Crippen LogP contribution in [-0.2, 0) is 6.42 Å². The molecule has 19 heavy (non-hydrogen) atoms. The molecule has 4 unspecified atom stereocenters. The van der Waals surface area contributed by atoms with Crippen LogP contribution in [0.25, 0.3) is 0 Å². The Morgan fingerprint density at radius 2 is 2.16 bits per heavy atom. The monoisotopic (exact) mass is 259 g/mol. The van der Waals surface area contributed by atoms with Crippen molar-refractivity contribution >= 4 is 0 Å². The Balaban J connectivity index is 1.63. The molecule has 2 N–H and O–H groups in total. The summed E-state index contributed by atoms with van der Waals surface area (Å²) < 4.78 is 6.09. The van der Waals surface area contributed by atoms with Gasteiger partial charge in [-0.15, -0.1) is 0 Å². The molecule has 1 aliphatic heterocycles. The van der Waals surface area contributed by atoms with Gasteiger partial charge in [-0.1, -0.05) is 24.6 Å². The molecule has 0 aromatic heterocycles. The highest BCUT2D eigenvalue weighted by Crippen LogP contribution is 2.36. The minimum absolute atomic E-state index is 0.346. The van der Waals surface area contributed by atoms with Crippen molar-refractivity contribution in [3.63, 3.8) is 0 Å². The first-order chi connectivity index (χ1) is 9.11. The maximum atomic E-state index is 6.29. The van der Waals surface area contributed by atoms with Crippen LogP contribution in [0.1, 0.15) is 43.7 Å². The van der Waals surface area contributed by atoms with Crippen LogP contribution < -0.4 is 10.5 Å². The third-order valence-corrected chi connectivity index (χ3v) is 4.83. The number of aryl methyl sites for hydroxylation is 1. The zero-order valence-electron chi connectivity index (χ0n) is 12.1. The van der Waals surface area contributed by atoms with Crippen molar-refractivity contribution in [2.45, 2.75) is 58.1 Å². The van der Waals surface area contributed by atoms with E-state index in [0.29, 0.717) is 18.1 Å². The Bertz CT molecular complexity index is 457. The number of ether oxygens (including phenoxy) is 1. The molecule has 1 fully saturated rings. The van der Waals surface area contributed by atoms with Crippen LogP contribution in [0.15, 0.2) is 18.2 Å². The van der Waals surface area contributed by atoms with E-state index in [9.17, 15) is 0 Å². The molecule has 4 atom stereocenters. The molecule has 104 valence electrons. The molecular formula is C17H25NO. The fourth-order valence-electron chi connectivity index (χ4n) is 3.71. The Labute approximate surface area is 116 Å². The van der Waals surface area contributed by atoms with Gasteiger partial charge in [-0.25, -0.2) is 0 Å². The summed E-state index contributed by atoms with van der Waals surface area (Å²) in [5.41, 5.74) is 9.00. The lowest BCUT2D eigenvalue weighted by molar-refractivity contribution is 0.147. The summed E-state index contributed by atoms with van der Waals surface area (Å²) >= 11 is 0. The topological polar surface area (TPSA) is 35.2 Å². The minimum Gasteiger partial charge on any atom is -0.490 e. The first-order valence-corrected chi connectivity index (χ1v) is 7.63. The molecule has 0 radical (unpaired) electrons. The van der Waals surface area contributed by atoms with Gasteiger partial charge in [0, 0.05) is 12.5 Å². The summed E-state index contributed by atoms with van der Waals surface area (Å²) in [5.74, 6) is 2.56. The predicted molar refractivity (Wildman–Crippen MR) is 78.4 cm³/mol. The lowest BCUT2D eigenvalue weighted by Gasteiger charge is -2.33. The van der Waals surface area contributed by atoms with Gasteiger partial charge in [0.05, 0.1) is 0 Å². The summed E-state index contributed by atoms with van der Waals surface area (Å²) in [6, 6.07) is 6.90. The highest BCUT2D eigenvalue weighted by atomic mass is 16.5. The highest BCUT2D eigenvalue weighted by molar-refractivity contribution is 5.40. The van der Waals surface area contributed by atoms with Gasteiger partial charge < -0.3 is 10.5 Å². The van der Waals surface area contributed by atoms with E-state index in [1.165, 1.54) is 30.4 Å². The summed E-state index contributed by atoms with van der Waals surface area (Å²) in [5, 5.41) is 0. The van der Waals surface area contributed by atoms with Crippen LogP contribution in [0.2, 0.25) is 0 Å². The standard InChI is InChI=1S/C17H25NO/c1-11-3-5-16(18)13(7-11)9-15-10-14-8-12(2)4-6-17(14)19-15/h4,6,8,11,13,15-16H,3,5,7,9-10,18H2,1-2H3. The lowest BCUT2D eigenvalue weighted by atomic mass is 9.76. The van der Waals surface area contributed by atoms with Crippen molar-refractivity contribution in [3.8, 4) is 5.75 Å². The summed E-state index contributed by atoms with van der Waals surface area (Å²) in [6.45, 7) is 4.50. The molecule has 3 rings (SSSR count). The maximum Gasteiger partial charge on any atom is 0.123 e. The van der Waals surface area contributed by atoms with Crippen LogP contribution in [-0.4, -0.2) is 12.1 Å². The molecule has 0 bridgehead atoms. The first-order valence-electron chi connectivity index (χ1n) is 7.63. The first kappa shape index (κ1) is 13.0. The van der Waals surface area contributed by atoms with Gasteiger partial charge in [0.25, 0.3) is 0 Å². The number of nitrogens with two attached hydrogens (primary N) is 1. The van der Waals surface area contributed by atoms with Crippen molar-refractivity contribution in [2.24, 2.45) is 17.6 Å². The minimum atomic E-state index is 0.346. The molecule has 1 aromatic rings. The molecule has 1 aliphatic carbocycles. The van der Waals surface area contributed by atoms with Crippen LogP contribution in [0, 0.1) is 18.8 Å². The quantitative estimate of drug-likeness (QED) is 0.883. The van der Waals surface area contributed by atoms with E-state index in [2.05, 4.69) is 32.0 Å². The Morgan fingerprint density at radius 3 is 3.00 bits per heavy atom. The van der Waals surface area contributed by atoms with Crippen molar-refractivity contribution < 1.29 is 4.74 Å². The van der Waals surface area contributed by atoms with E-state index in [4.69, 9.17) is 10.5 Å². The van der Waals surface area contributed by atoms with E-state index in [0.717, 1.165) is 24.5 Å². The number of hydrogen-bond donors (Lipinski definition) is 1. The van der Waals surface area contributed by atoms with Crippen LogP contribution >= 0.6 is 0 Å². The third kappa shape index (κ3) is 2.79. The van der Waals surface area contributed by atoms with Crippen LogP contribution in [0.3, 0.4) is 0 Å². The average molecular weight is 259 g/mol. The molecule has 2 heteroatoms. The largest absolute Gasteiger partial charge is 0.490 e. The lowest BCUT2D eigenvalue weighted by Crippen LogP contribution is -2.38. The van der Waals surface area contributed by atoms with Gasteiger partial charge in [0.2, 0.25) is 0 Å². The van der Waals surface area contributed by atoms with E-state index in [-0.39, 0.29) is 0 Å². The second kappa shape index (κ2) is 5.16. The maximum absolute atomic E-state index is 6.29. The molecular weight excluding hydrogens is 234 g/mol. The molecule has 2 nitrogen and oxygen atoms in total. The summed E-state index contributed by atoms with van der Waals surface area (Å²) in [4.78, 5) is 0. The van der Waals surface area contributed by atoms with E-state index < -0.39 is 0 Å². The van der Waals surface area contributed by atoms with Crippen molar-refractivity contribution in [1.29, 1.82) is 0 Å². The van der Waals surface area contributed by atoms with Gasteiger partial charge in [-0.3, -0.25) is 0 Å². The van der Waals surface area contributed by atoms with Crippen molar-refractivity contribution in [2.75, 3.05) is 0 Å². The smallest absolute Gasteiger partial charge is 0.123 e. The average Bonchev–Trinajstić information content (AvgIpc) is 2.75. The fraction of sp³-hybridized carbons (Fsp3) is 0.647. The Kier molecular flexibility index (Phi) is 3.53. The van der Waals surface area contributed by atoms with E-state index in [1.54, 1.807) is 0 Å². The van der Waals surface area contributed by atoms with Crippen molar-refractivity contribution in [1.82, 2.24) is 0 Å². The van der Waals surface area contributed by atoms with Crippen LogP contribution in [0.4, 0.5) is 0 Å². The van der Waals surface area contributed by atoms with E-state index in [1.807, 2.05) is 0 Å². The van der Waals surface area contributed by atoms with E-state index >= 15 is 0 Å². The summed E-state index contributed by atoms with van der Waals surface area (Å²) in [7, 11) is 0. The SMILES string of the molecule is Cc1ccc2c(c1)CC(CC1CC(C)CCC1N)O2. The Hall–Kier alpha value is -1.02. The normalized spacial score (nSPS) is 33.8. The predicted octanol–water partition coefficient (Wildman–Crippen LogP) is 3.45. The summed E-state index contributed by atoms with van der Waals surface area (Å²) in [6.07, 6.45) is 6.29. The molecule has 1 saturated carbocycles. The second-order valence-electron chi connectivity index (χ2n) is 6.63. The third-order valence-electron chi connectivity index (χ3n) is 4.83. The van der Waals surface area contributed by atoms with Gasteiger partial charge in [-0.05, 0) is 56.1 Å². The molecule has 1 aromatic carbocycles. The van der Waals surface area contributed by atoms with Crippen LogP contribution in [0.5, 0.6) is 5.75 Å². The van der Waals surface area contributed by atoms with Gasteiger partial charge in [0.1, 0.15) is 11.9 Å². The second-order valence-corrected chi connectivity index (χ2v) is 6.63. The van der Waals surface area contributed by atoms with Gasteiger partial charge in [-0.2, -0.15) is 0 Å². The molecule has 1 heterocycles. The number of rotatable bonds is 2. The van der Waals surface area contributed by atoms with Crippen molar-refractivity contribution in [3.05, 3.63) is 29.3 Å². The van der Waals surface area contributed by atoms with Gasteiger partial charge in [0.15, 0.2) is 0 Å². The molecule has 0 amide bonds. The number of hydrogen-bond acceptors (Lipinski definition) is 2. The van der Waals surface area contributed by atoms with Gasteiger partial charge >= 0.3 is 0 Å². The molecule has 0 saturated heterocycles.